The van der Waals surface area contributed by atoms with Gasteiger partial charge in [0.05, 0.1) is 36.3 Å². The lowest BCUT2D eigenvalue weighted by atomic mass is 10.1. The molecule has 0 radical (unpaired) electrons. The van der Waals surface area contributed by atoms with Crippen molar-refractivity contribution in [3.05, 3.63) is 39.8 Å². The van der Waals surface area contributed by atoms with Crippen molar-refractivity contribution in [3.63, 3.8) is 0 Å². The summed E-state index contributed by atoms with van der Waals surface area (Å²) in [7, 11) is 0. The van der Waals surface area contributed by atoms with Gasteiger partial charge in [-0.1, -0.05) is 18.2 Å². The van der Waals surface area contributed by atoms with Crippen LogP contribution in [0.3, 0.4) is 0 Å². The van der Waals surface area contributed by atoms with Crippen LogP contribution in [0.5, 0.6) is 0 Å². The van der Waals surface area contributed by atoms with Crippen LogP contribution in [0.25, 0.3) is 0 Å². The molecule has 3 aromatic rings. The SMILES string of the molecule is CCOC(=O)c1c(NC(=O)CSc2nnc(Cn3ccc(C)n3)n2CC2CCCO2)sc2c1CCCCC2. The number of aromatic nitrogens is 5. The van der Waals surface area contributed by atoms with Crippen molar-refractivity contribution >= 4 is 40.0 Å². The summed E-state index contributed by atoms with van der Waals surface area (Å²) in [4.78, 5) is 27.1. The van der Waals surface area contributed by atoms with E-state index in [1.807, 2.05) is 28.4 Å². The average molecular weight is 559 g/mol. The lowest BCUT2D eigenvalue weighted by molar-refractivity contribution is -0.113. The van der Waals surface area contributed by atoms with Gasteiger partial charge in [0.2, 0.25) is 5.91 Å². The largest absolute Gasteiger partial charge is 0.462 e. The molecule has 1 atom stereocenters. The van der Waals surface area contributed by atoms with E-state index in [1.54, 1.807) is 6.92 Å². The summed E-state index contributed by atoms with van der Waals surface area (Å²) in [6.45, 7) is 5.94. The molecule has 1 N–H and O–H groups in total. The maximum absolute atomic E-state index is 13.1. The Morgan fingerprint density at radius 2 is 2.11 bits per heavy atom. The van der Waals surface area contributed by atoms with Gasteiger partial charge in [-0.25, -0.2) is 4.79 Å². The van der Waals surface area contributed by atoms with Crippen molar-refractivity contribution in [2.24, 2.45) is 0 Å². The van der Waals surface area contributed by atoms with Crippen molar-refractivity contribution in [1.82, 2.24) is 24.5 Å². The molecule has 204 valence electrons. The number of aryl methyl sites for hydroxylation is 2. The Labute approximate surface area is 230 Å². The van der Waals surface area contributed by atoms with E-state index in [1.165, 1.54) is 28.0 Å². The smallest absolute Gasteiger partial charge is 0.341 e. The molecule has 10 nitrogen and oxygen atoms in total. The summed E-state index contributed by atoms with van der Waals surface area (Å²) in [6, 6.07) is 1.95. The first-order valence-electron chi connectivity index (χ1n) is 13.3. The number of nitrogens with one attached hydrogen (secondary N) is 1. The fourth-order valence-corrected chi connectivity index (χ4v) is 7.02. The van der Waals surface area contributed by atoms with Crippen LogP contribution in [-0.4, -0.2) is 61.5 Å². The number of ether oxygens (including phenoxy) is 2. The number of rotatable bonds is 10. The highest BCUT2D eigenvalue weighted by Crippen LogP contribution is 2.38. The molecule has 1 amide bonds. The lowest BCUT2D eigenvalue weighted by Gasteiger charge is -2.14. The molecule has 0 spiro atoms. The summed E-state index contributed by atoms with van der Waals surface area (Å²) < 4.78 is 15.1. The predicted octanol–water partition coefficient (Wildman–Crippen LogP) is 4.25. The molecule has 12 heteroatoms. The number of fused-ring (bicyclic) bond motifs is 1. The Balaban J connectivity index is 1.30. The van der Waals surface area contributed by atoms with E-state index in [2.05, 4.69) is 20.6 Å². The zero-order chi connectivity index (χ0) is 26.5. The minimum atomic E-state index is -0.357. The monoisotopic (exact) mass is 558 g/mol. The van der Waals surface area contributed by atoms with Gasteiger partial charge in [-0.05, 0) is 64.0 Å². The van der Waals surface area contributed by atoms with Crippen molar-refractivity contribution in [2.45, 2.75) is 83.1 Å². The summed E-state index contributed by atoms with van der Waals surface area (Å²) in [5.74, 6) is 0.380. The topological polar surface area (TPSA) is 113 Å². The molecular formula is C26H34N6O4S2. The second-order valence-electron chi connectivity index (χ2n) is 9.63. The number of carbonyl (C=O) groups excluding carboxylic acids is 2. The van der Waals surface area contributed by atoms with E-state index in [0.29, 0.717) is 35.4 Å². The third kappa shape index (κ3) is 6.29. The average Bonchev–Trinajstić information content (AvgIpc) is 3.67. The molecular weight excluding hydrogens is 524 g/mol. The van der Waals surface area contributed by atoms with Gasteiger partial charge in [0.1, 0.15) is 11.5 Å². The van der Waals surface area contributed by atoms with Crippen LogP contribution < -0.4 is 5.32 Å². The third-order valence-corrected chi connectivity index (χ3v) is 8.94. The van der Waals surface area contributed by atoms with Gasteiger partial charge in [0.25, 0.3) is 0 Å². The minimum Gasteiger partial charge on any atom is -0.462 e. The van der Waals surface area contributed by atoms with Gasteiger partial charge in [0.15, 0.2) is 11.0 Å². The number of thiophene rings is 1. The van der Waals surface area contributed by atoms with Crippen LogP contribution in [-0.2, 0) is 40.2 Å². The van der Waals surface area contributed by atoms with Gasteiger partial charge in [0, 0.05) is 17.7 Å². The quantitative estimate of drug-likeness (QED) is 0.223. The molecule has 1 unspecified atom stereocenters. The van der Waals surface area contributed by atoms with E-state index in [-0.39, 0.29) is 23.7 Å². The Bertz CT molecular complexity index is 1280. The molecule has 38 heavy (non-hydrogen) atoms. The van der Waals surface area contributed by atoms with Crippen LogP contribution in [0.4, 0.5) is 5.00 Å². The molecule has 3 aromatic heterocycles. The number of amides is 1. The number of esters is 1. The van der Waals surface area contributed by atoms with Crippen molar-refractivity contribution in [3.8, 4) is 0 Å². The van der Waals surface area contributed by atoms with E-state index in [9.17, 15) is 9.59 Å². The molecule has 1 aliphatic carbocycles. The fraction of sp³-hybridized carbons (Fsp3) is 0.577. The second-order valence-corrected chi connectivity index (χ2v) is 11.7. The Morgan fingerprint density at radius 1 is 1.24 bits per heavy atom. The first-order valence-corrected chi connectivity index (χ1v) is 15.1. The lowest BCUT2D eigenvalue weighted by Crippen LogP contribution is -2.20. The standard InChI is InChI=1S/C26H34N6O4S2/c1-3-35-25(34)23-19-9-5-4-6-10-20(19)38-24(23)27-22(33)16-37-26-29-28-21(15-31-12-11-17(2)30-31)32(26)14-18-8-7-13-36-18/h11-12,18H,3-10,13-16H2,1-2H3,(H,27,33). The molecule has 5 rings (SSSR count). The van der Waals surface area contributed by atoms with Crippen molar-refractivity contribution in [2.75, 3.05) is 24.3 Å². The van der Waals surface area contributed by atoms with E-state index < -0.39 is 0 Å². The molecule has 0 saturated carbocycles. The number of hydrogen-bond acceptors (Lipinski definition) is 9. The highest BCUT2D eigenvalue weighted by Gasteiger charge is 2.27. The first-order chi connectivity index (χ1) is 18.5. The first kappa shape index (κ1) is 26.9. The highest BCUT2D eigenvalue weighted by molar-refractivity contribution is 7.99. The molecule has 1 fully saturated rings. The summed E-state index contributed by atoms with van der Waals surface area (Å²) >= 11 is 2.85. The fourth-order valence-electron chi connectivity index (χ4n) is 4.96. The highest BCUT2D eigenvalue weighted by atomic mass is 32.2. The Morgan fingerprint density at radius 3 is 2.87 bits per heavy atom. The van der Waals surface area contributed by atoms with Gasteiger partial charge >= 0.3 is 5.97 Å². The maximum Gasteiger partial charge on any atom is 0.341 e. The number of anilines is 1. The van der Waals surface area contributed by atoms with Crippen LogP contribution in [0, 0.1) is 6.92 Å². The van der Waals surface area contributed by atoms with Gasteiger partial charge in [-0.2, -0.15) is 5.10 Å². The maximum atomic E-state index is 13.1. The van der Waals surface area contributed by atoms with E-state index in [4.69, 9.17) is 9.47 Å². The Kier molecular flexibility index (Phi) is 8.80. The summed E-state index contributed by atoms with van der Waals surface area (Å²) in [6.07, 6.45) is 9.12. The molecule has 1 saturated heterocycles. The summed E-state index contributed by atoms with van der Waals surface area (Å²) in [5.41, 5.74) is 2.52. The zero-order valence-corrected chi connectivity index (χ0v) is 23.5. The van der Waals surface area contributed by atoms with Crippen LogP contribution in [0.2, 0.25) is 0 Å². The molecule has 2 aliphatic rings. The zero-order valence-electron chi connectivity index (χ0n) is 21.9. The number of nitrogens with zero attached hydrogens (tertiary/aromatic N) is 5. The number of hydrogen-bond donors (Lipinski definition) is 1. The van der Waals surface area contributed by atoms with Crippen LogP contribution in [0.1, 0.15) is 71.3 Å². The normalized spacial score (nSPS) is 17.3. The predicted molar refractivity (Wildman–Crippen MR) is 146 cm³/mol. The minimum absolute atomic E-state index is 0.103. The van der Waals surface area contributed by atoms with Crippen LogP contribution in [0.15, 0.2) is 17.4 Å². The third-order valence-electron chi connectivity index (χ3n) is 6.77. The number of thioether (sulfide) groups is 1. The molecule has 1 aliphatic heterocycles. The number of carbonyl (C=O) groups is 2. The van der Waals surface area contributed by atoms with Crippen molar-refractivity contribution in [1.29, 1.82) is 0 Å². The summed E-state index contributed by atoms with van der Waals surface area (Å²) in [5, 5.41) is 17.6. The van der Waals surface area contributed by atoms with Gasteiger partial charge in [-0.15, -0.1) is 21.5 Å². The molecule has 0 bridgehead atoms. The van der Waals surface area contributed by atoms with E-state index in [0.717, 1.165) is 68.6 Å². The van der Waals surface area contributed by atoms with Gasteiger partial charge in [-0.3, -0.25) is 9.48 Å². The van der Waals surface area contributed by atoms with E-state index >= 15 is 0 Å². The van der Waals surface area contributed by atoms with Crippen molar-refractivity contribution < 1.29 is 19.1 Å². The Hall–Kier alpha value is -2.70. The molecule has 4 heterocycles. The molecule has 0 aromatic carbocycles. The van der Waals surface area contributed by atoms with Crippen LogP contribution >= 0.6 is 23.1 Å². The van der Waals surface area contributed by atoms with Gasteiger partial charge < -0.3 is 19.4 Å². The second kappa shape index (κ2) is 12.4.